The molecule has 0 spiro atoms. The normalized spacial score (nSPS) is 10.6. The molecule has 0 aliphatic rings. The number of hydrogen-bond acceptors (Lipinski definition) is 1. The van der Waals surface area contributed by atoms with Gasteiger partial charge in [-0.05, 0) is 46.6 Å². The number of nitrogens with one attached hydrogen (secondary N) is 1. The van der Waals surface area contributed by atoms with Gasteiger partial charge in [0.15, 0.2) is 11.6 Å². The molecule has 2 aromatic rings. The van der Waals surface area contributed by atoms with Crippen molar-refractivity contribution in [3.8, 4) is 0 Å². The van der Waals surface area contributed by atoms with Crippen molar-refractivity contribution < 1.29 is 13.2 Å². The molecule has 5 heteroatoms. The maximum Gasteiger partial charge on any atom is 0.163 e. The van der Waals surface area contributed by atoms with Crippen LogP contribution in [0.25, 0.3) is 0 Å². The lowest BCUT2D eigenvalue weighted by Crippen LogP contribution is -2.04. The van der Waals surface area contributed by atoms with Gasteiger partial charge in [0, 0.05) is 17.8 Å². The van der Waals surface area contributed by atoms with Gasteiger partial charge in [-0.1, -0.05) is 12.1 Å². The number of hydrogen-bond donors (Lipinski definition) is 1. The maximum atomic E-state index is 13.5. The molecule has 0 aromatic heterocycles. The van der Waals surface area contributed by atoms with Gasteiger partial charge in [0.25, 0.3) is 0 Å². The van der Waals surface area contributed by atoms with Crippen LogP contribution in [0.5, 0.6) is 0 Å². The zero-order chi connectivity index (χ0) is 14.0. The van der Waals surface area contributed by atoms with Gasteiger partial charge in [-0.2, -0.15) is 0 Å². The van der Waals surface area contributed by atoms with E-state index in [-0.39, 0.29) is 17.9 Å². The van der Waals surface area contributed by atoms with Gasteiger partial charge in [0.2, 0.25) is 0 Å². The second kappa shape index (κ2) is 5.65. The minimum Gasteiger partial charge on any atom is -0.381 e. The molecule has 0 saturated carbocycles. The average Bonchev–Trinajstić information content (AvgIpc) is 2.37. The van der Waals surface area contributed by atoms with Crippen molar-refractivity contribution in [1.82, 2.24) is 0 Å². The van der Waals surface area contributed by atoms with Crippen molar-refractivity contribution in [2.75, 3.05) is 5.32 Å². The van der Waals surface area contributed by atoms with E-state index in [2.05, 4.69) is 21.2 Å². The van der Waals surface area contributed by atoms with Gasteiger partial charge >= 0.3 is 0 Å². The zero-order valence-corrected chi connectivity index (χ0v) is 11.7. The van der Waals surface area contributed by atoms with Gasteiger partial charge in [-0.25, -0.2) is 13.2 Å². The summed E-state index contributed by atoms with van der Waals surface area (Å²) in [6.45, 7) is 1.86. The summed E-state index contributed by atoms with van der Waals surface area (Å²) < 4.78 is 40.1. The van der Waals surface area contributed by atoms with E-state index in [1.807, 2.05) is 0 Å². The highest BCUT2D eigenvalue weighted by atomic mass is 79.9. The number of benzene rings is 2. The van der Waals surface area contributed by atoms with E-state index >= 15 is 0 Å². The Balaban J connectivity index is 2.19. The molecule has 19 heavy (non-hydrogen) atoms. The van der Waals surface area contributed by atoms with Gasteiger partial charge in [0.05, 0.1) is 4.47 Å². The minimum absolute atomic E-state index is 0.127. The first-order valence-electron chi connectivity index (χ1n) is 5.61. The Morgan fingerprint density at radius 2 is 1.84 bits per heavy atom. The summed E-state index contributed by atoms with van der Waals surface area (Å²) in [7, 11) is 0. The molecule has 1 nitrogen and oxygen atoms in total. The summed E-state index contributed by atoms with van der Waals surface area (Å²) in [5.74, 6) is -2.11. The van der Waals surface area contributed by atoms with E-state index in [1.54, 1.807) is 13.0 Å². The fraction of sp³-hybridized carbons (Fsp3) is 0.143. The molecule has 0 aliphatic heterocycles. The SMILES string of the molecule is Cc1cc(F)c(Br)cc1NCc1cccc(F)c1F. The summed E-state index contributed by atoms with van der Waals surface area (Å²) >= 11 is 3.08. The highest BCUT2D eigenvalue weighted by molar-refractivity contribution is 9.10. The van der Waals surface area contributed by atoms with Crippen molar-refractivity contribution in [2.45, 2.75) is 13.5 Å². The molecule has 1 N–H and O–H groups in total. The van der Waals surface area contributed by atoms with E-state index in [1.165, 1.54) is 18.2 Å². The van der Waals surface area contributed by atoms with Crippen molar-refractivity contribution >= 4 is 21.6 Å². The third kappa shape index (κ3) is 3.10. The van der Waals surface area contributed by atoms with Gasteiger partial charge in [0.1, 0.15) is 5.82 Å². The van der Waals surface area contributed by atoms with Gasteiger partial charge in [-0.15, -0.1) is 0 Å². The van der Waals surface area contributed by atoms with Gasteiger partial charge in [-0.3, -0.25) is 0 Å². The van der Waals surface area contributed by atoms with E-state index in [9.17, 15) is 13.2 Å². The predicted molar refractivity (Wildman–Crippen MR) is 72.5 cm³/mol. The molecular formula is C14H11BrF3N. The third-order valence-electron chi connectivity index (χ3n) is 2.77. The zero-order valence-electron chi connectivity index (χ0n) is 10.1. The molecule has 0 aliphatic carbocycles. The van der Waals surface area contributed by atoms with Gasteiger partial charge < -0.3 is 5.32 Å². The first-order valence-corrected chi connectivity index (χ1v) is 6.40. The molecule has 0 radical (unpaired) electrons. The summed E-state index contributed by atoms with van der Waals surface area (Å²) in [5, 5.41) is 2.96. The topological polar surface area (TPSA) is 12.0 Å². The van der Waals surface area contributed by atoms with Crippen LogP contribution < -0.4 is 5.32 Å². The van der Waals surface area contributed by atoms with Crippen LogP contribution in [-0.2, 0) is 6.54 Å². The van der Waals surface area contributed by atoms with Crippen LogP contribution in [-0.4, -0.2) is 0 Å². The molecule has 100 valence electrons. The van der Waals surface area contributed by atoms with Crippen LogP contribution in [0.15, 0.2) is 34.8 Å². The molecule has 0 fully saturated rings. The molecule has 0 atom stereocenters. The van der Waals surface area contributed by atoms with E-state index in [0.29, 0.717) is 15.7 Å². The van der Waals surface area contributed by atoms with Crippen LogP contribution in [0.1, 0.15) is 11.1 Å². The van der Waals surface area contributed by atoms with E-state index in [4.69, 9.17) is 0 Å². The quantitative estimate of drug-likeness (QED) is 0.853. The monoisotopic (exact) mass is 329 g/mol. The third-order valence-corrected chi connectivity index (χ3v) is 3.38. The highest BCUT2D eigenvalue weighted by Crippen LogP contribution is 2.25. The summed E-state index contributed by atoms with van der Waals surface area (Å²) in [6, 6.07) is 6.96. The van der Waals surface area contributed by atoms with Crippen molar-refractivity contribution in [1.29, 1.82) is 0 Å². The number of halogens is 4. The first-order chi connectivity index (χ1) is 8.99. The molecular weight excluding hydrogens is 319 g/mol. The van der Waals surface area contributed by atoms with Crippen molar-refractivity contribution in [3.63, 3.8) is 0 Å². The molecule has 2 rings (SSSR count). The summed E-state index contributed by atoms with van der Waals surface area (Å²) in [5.41, 5.74) is 1.58. The molecule has 0 amide bonds. The first kappa shape index (κ1) is 13.9. The minimum atomic E-state index is -0.878. The van der Waals surface area contributed by atoms with E-state index < -0.39 is 11.6 Å². The maximum absolute atomic E-state index is 13.5. The van der Waals surface area contributed by atoms with Crippen LogP contribution >= 0.6 is 15.9 Å². The van der Waals surface area contributed by atoms with Crippen LogP contribution in [0.3, 0.4) is 0 Å². The lowest BCUT2D eigenvalue weighted by atomic mass is 10.1. The summed E-state index contributed by atoms with van der Waals surface area (Å²) in [6.07, 6.45) is 0. The fourth-order valence-electron chi connectivity index (χ4n) is 1.71. The Morgan fingerprint density at radius 3 is 2.58 bits per heavy atom. The number of rotatable bonds is 3. The second-order valence-electron chi connectivity index (χ2n) is 4.15. The fourth-order valence-corrected chi connectivity index (χ4v) is 2.06. The Morgan fingerprint density at radius 1 is 1.11 bits per heavy atom. The lowest BCUT2D eigenvalue weighted by Gasteiger charge is -2.11. The molecule has 2 aromatic carbocycles. The van der Waals surface area contributed by atoms with E-state index in [0.717, 1.165) is 6.07 Å². The highest BCUT2D eigenvalue weighted by Gasteiger charge is 2.09. The Kier molecular flexibility index (Phi) is 4.14. The number of anilines is 1. The molecule has 0 unspecified atom stereocenters. The van der Waals surface area contributed by atoms with Crippen molar-refractivity contribution in [3.05, 3.63) is 63.4 Å². The Bertz CT molecular complexity index is 614. The summed E-state index contributed by atoms with van der Waals surface area (Å²) in [4.78, 5) is 0. The smallest absolute Gasteiger partial charge is 0.163 e. The van der Waals surface area contributed by atoms with Crippen LogP contribution in [0.4, 0.5) is 18.9 Å². The molecule has 0 saturated heterocycles. The van der Waals surface area contributed by atoms with Crippen molar-refractivity contribution in [2.24, 2.45) is 0 Å². The Hall–Kier alpha value is -1.49. The second-order valence-corrected chi connectivity index (χ2v) is 5.00. The molecule has 0 heterocycles. The van der Waals surface area contributed by atoms with Crippen LogP contribution in [0.2, 0.25) is 0 Å². The van der Waals surface area contributed by atoms with Crippen LogP contribution in [0, 0.1) is 24.4 Å². The largest absolute Gasteiger partial charge is 0.381 e. The average molecular weight is 330 g/mol. The predicted octanol–water partition coefficient (Wildman–Crippen LogP) is 4.79. The molecule has 0 bridgehead atoms. The lowest BCUT2D eigenvalue weighted by molar-refractivity contribution is 0.500. The Labute approximate surface area is 117 Å². The number of aryl methyl sites for hydroxylation is 1. The standard InChI is InChI=1S/C14H11BrF3N/c1-8-5-12(17)10(15)6-13(8)19-7-9-3-2-4-11(16)14(9)18/h2-6,19H,7H2,1H3.